The number of nitrogens with one attached hydrogen (secondary N) is 2. The quantitative estimate of drug-likeness (QED) is 0.109. The van der Waals surface area contributed by atoms with Gasteiger partial charge in [0.15, 0.2) is 5.36 Å². The van der Waals surface area contributed by atoms with Gasteiger partial charge in [-0.05, 0) is 53.9 Å². The van der Waals surface area contributed by atoms with E-state index in [9.17, 15) is 40.6 Å². The third kappa shape index (κ3) is 7.61. The molecule has 17 heteroatoms. The summed E-state index contributed by atoms with van der Waals surface area (Å²) in [6.07, 6.45) is 0. The van der Waals surface area contributed by atoms with Crippen molar-refractivity contribution < 1.29 is 90.2 Å². The van der Waals surface area contributed by atoms with Gasteiger partial charge >= 0.3 is 59.1 Å². The first-order valence-corrected chi connectivity index (χ1v) is 12.9. The topological polar surface area (TPSA) is 218 Å². The van der Waals surface area contributed by atoms with E-state index in [1.165, 1.54) is 0 Å². The van der Waals surface area contributed by atoms with E-state index in [0.29, 0.717) is 11.8 Å². The second-order valence-corrected chi connectivity index (χ2v) is 10.3. The van der Waals surface area contributed by atoms with E-state index < -0.39 is 52.0 Å². The SMILES string of the molecule is O=c1ccc(=NNc2cc(S(=O)(=O)[O-])cc3cc(S(=O)(=O)[O-])cc(O)c23)c(=O)c1=NNc1ccccc1.[Na+].[Na+]. The van der Waals surface area contributed by atoms with Crippen molar-refractivity contribution in [2.45, 2.75) is 9.79 Å². The summed E-state index contributed by atoms with van der Waals surface area (Å²) in [6, 6.07) is 13.5. The number of phenols is 1. The predicted molar refractivity (Wildman–Crippen MR) is 128 cm³/mol. The summed E-state index contributed by atoms with van der Waals surface area (Å²) >= 11 is 0. The Morgan fingerprint density at radius 3 is 1.92 bits per heavy atom. The minimum atomic E-state index is -5.08. The fraction of sp³-hybridized carbons (Fsp3) is 0. The normalized spacial score (nSPS) is 12.5. The van der Waals surface area contributed by atoms with Crippen molar-refractivity contribution in [3.8, 4) is 5.75 Å². The standard InChI is InChI=1S/C22H16N4O9S2.2Na/c27-18-7-6-16(22(29)21(18)26-23-13-4-2-1-3-5-13)24-25-17-10-14(36(30,31)32)8-12-9-15(37(33,34)35)11-19(28)20(12)17;;/h1-11,23,25,28H,(H,30,31,32)(H,33,34,35);;/q;2*+1/p-2. The Bertz CT molecular complexity index is 1990. The molecule has 13 nitrogen and oxygen atoms in total. The van der Waals surface area contributed by atoms with Crippen LogP contribution in [-0.4, -0.2) is 31.0 Å². The first-order chi connectivity index (χ1) is 17.3. The zero-order valence-corrected chi connectivity index (χ0v) is 25.9. The molecule has 0 heterocycles. The summed E-state index contributed by atoms with van der Waals surface area (Å²) in [5.41, 5.74) is 3.50. The largest absolute Gasteiger partial charge is 1.00 e. The van der Waals surface area contributed by atoms with Crippen molar-refractivity contribution in [1.82, 2.24) is 0 Å². The zero-order valence-electron chi connectivity index (χ0n) is 20.3. The maximum atomic E-state index is 12.8. The molecule has 0 amide bonds. The van der Waals surface area contributed by atoms with Crippen LogP contribution >= 0.6 is 0 Å². The molecule has 0 aliphatic rings. The molecule has 4 aromatic carbocycles. The number of para-hydroxylation sites is 1. The molecule has 4 rings (SSSR count). The number of aromatic hydroxyl groups is 1. The maximum absolute atomic E-state index is 12.8. The number of anilines is 2. The van der Waals surface area contributed by atoms with Crippen LogP contribution in [0.4, 0.5) is 11.4 Å². The van der Waals surface area contributed by atoms with Gasteiger partial charge in [0.25, 0.3) is 0 Å². The van der Waals surface area contributed by atoms with Crippen molar-refractivity contribution >= 4 is 42.4 Å². The molecule has 0 spiro atoms. The molecule has 0 aromatic heterocycles. The zero-order chi connectivity index (χ0) is 27.0. The van der Waals surface area contributed by atoms with Gasteiger partial charge in [0, 0.05) is 5.39 Å². The van der Waals surface area contributed by atoms with E-state index in [4.69, 9.17) is 0 Å². The molecule has 0 aliphatic carbocycles. The smallest absolute Gasteiger partial charge is 0.744 e. The van der Waals surface area contributed by atoms with Crippen molar-refractivity contribution in [3.05, 3.63) is 97.9 Å². The first kappa shape index (κ1) is 32.8. The Balaban J connectivity index is 0.00000267. The molecule has 0 bridgehead atoms. The van der Waals surface area contributed by atoms with Crippen LogP contribution in [0.3, 0.4) is 0 Å². The summed E-state index contributed by atoms with van der Waals surface area (Å²) in [4.78, 5) is 23.2. The maximum Gasteiger partial charge on any atom is 1.00 e. The van der Waals surface area contributed by atoms with Crippen LogP contribution in [0.5, 0.6) is 5.75 Å². The van der Waals surface area contributed by atoms with Gasteiger partial charge < -0.3 is 14.2 Å². The fourth-order valence-electron chi connectivity index (χ4n) is 3.31. The van der Waals surface area contributed by atoms with Gasteiger partial charge in [-0.15, -0.1) is 0 Å². The van der Waals surface area contributed by atoms with E-state index in [1.54, 1.807) is 30.3 Å². The Morgan fingerprint density at radius 1 is 0.744 bits per heavy atom. The van der Waals surface area contributed by atoms with Crippen LogP contribution in [0.25, 0.3) is 10.8 Å². The van der Waals surface area contributed by atoms with Gasteiger partial charge in [-0.3, -0.25) is 20.4 Å². The number of rotatable bonds is 6. The average molecular weight is 588 g/mol. The van der Waals surface area contributed by atoms with Crippen LogP contribution in [0.15, 0.2) is 96.3 Å². The molecule has 0 fully saturated rings. The molecule has 4 aromatic rings. The van der Waals surface area contributed by atoms with E-state index >= 15 is 0 Å². The van der Waals surface area contributed by atoms with E-state index in [2.05, 4.69) is 21.1 Å². The molecule has 0 atom stereocenters. The van der Waals surface area contributed by atoms with Crippen molar-refractivity contribution in [1.29, 1.82) is 0 Å². The minimum absolute atomic E-state index is 0. The Morgan fingerprint density at radius 2 is 1.33 bits per heavy atom. The molecule has 0 saturated heterocycles. The number of hydrogen-bond donors (Lipinski definition) is 3. The van der Waals surface area contributed by atoms with Crippen molar-refractivity contribution in [2.75, 3.05) is 10.9 Å². The molecule has 0 unspecified atom stereocenters. The van der Waals surface area contributed by atoms with E-state index in [-0.39, 0.29) is 80.9 Å². The number of benzene rings is 4. The summed E-state index contributed by atoms with van der Waals surface area (Å²) in [5.74, 6) is -0.750. The number of hydrogen-bond acceptors (Lipinski definition) is 13. The Hall–Kier alpha value is -2.44. The fourth-order valence-corrected chi connectivity index (χ4v) is 4.37. The number of phenolic OH excluding ortho intramolecular Hbond substituents is 1. The molecule has 190 valence electrons. The molecule has 0 saturated carbocycles. The van der Waals surface area contributed by atoms with Crippen LogP contribution < -0.4 is 91.5 Å². The number of fused-ring (bicyclic) bond motifs is 1. The number of nitrogens with zero attached hydrogens (tertiary/aromatic N) is 2. The summed E-state index contributed by atoms with van der Waals surface area (Å²) in [6.45, 7) is 0. The second kappa shape index (κ2) is 12.8. The molecular formula is C22H14N4Na2O9S2. The first-order valence-electron chi connectivity index (χ1n) is 10.1. The van der Waals surface area contributed by atoms with Crippen LogP contribution in [0, 0.1) is 0 Å². The predicted octanol–water partition coefficient (Wildman–Crippen LogP) is -6.19. The molecule has 3 N–H and O–H groups in total. The third-order valence-electron chi connectivity index (χ3n) is 4.99. The van der Waals surface area contributed by atoms with Crippen molar-refractivity contribution in [3.63, 3.8) is 0 Å². The second-order valence-electron chi connectivity index (χ2n) is 7.49. The summed E-state index contributed by atoms with van der Waals surface area (Å²) in [5, 5.41) is 16.7. The molecule has 0 aliphatic heterocycles. The minimum Gasteiger partial charge on any atom is -0.744 e. The van der Waals surface area contributed by atoms with Crippen LogP contribution in [0.2, 0.25) is 0 Å². The molecular weight excluding hydrogens is 574 g/mol. The van der Waals surface area contributed by atoms with Gasteiger partial charge in [0.05, 0.1) is 21.2 Å². The Labute approximate surface area is 264 Å². The van der Waals surface area contributed by atoms with Gasteiger partial charge in [0.1, 0.15) is 31.3 Å². The monoisotopic (exact) mass is 588 g/mol. The van der Waals surface area contributed by atoms with E-state index in [1.807, 2.05) is 0 Å². The molecule has 0 radical (unpaired) electrons. The van der Waals surface area contributed by atoms with Crippen LogP contribution in [-0.2, 0) is 20.2 Å². The van der Waals surface area contributed by atoms with Crippen LogP contribution in [0.1, 0.15) is 0 Å². The molecule has 39 heavy (non-hydrogen) atoms. The van der Waals surface area contributed by atoms with Gasteiger partial charge in [-0.25, -0.2) is 16.8 Å². The van der Waals surface area contributed by atoms with Gasteiger partial charge in [-0.2, -0.15) is 10.2 Å². The van der Waals surface area contributed by atoms with Crippen molar-refractivity contribution in [2.24, 2.45) is 10.2 Å². The summed E-state index contributed by atoms with van der Waals surface area (Å²) < 4.78 is 69.1. The van der Waals surface area contributed by atoms with Gasteiger partial charge in [0.2, 0.25) is 10.9 Å². The average Bonchev–Trinajstić information content (AvgIpc) is 2.82. The van der Waals surface area contributed by atoms with Gasteiger partial charge in [-0.1, -0.05) is 18.2 Å². The van der Waals surface area contributed by atoms with E-state index in [0.717, 1.165) is 30.3 Å². The Kier molecular flexibility index (Phi) is 10.8. The summed E-state index contributed by atoms with van der Waals surface area (Å²) in [7, 11) is -10.1. The third-order valence-corrected chi connectivity index (χ3v) is 6.62.